The SMILES string of the molecule is O=C1N[C@H]2C(CCCl)=C[Se](=O)[C@@]12[C@@H](O)[C@@H]1C=CCCC1. The summed E-state index contributed by atoms with van der Waals surface area (Å²) < 4.78 is 11.5. The molecule has 0 aromatic rings. The molecule has 0 spiro atoms. The van der Waals surface area contributed by atoms with E-state index in [1.807, 2.05) is 12.2 Å². The molecule has 1 unspecified atom stereocenters. The van der Waals surface area contributed by atoms with Gasteiger partial charge in [-0.2, -0.15) is 0 Å². The summed E-state index contributed by atoms with van der Waals surface area (Å²) in [6.45, 7) is 0. The van der Waals surface area contributed by atoms with Crippen LogP contribution in [-0.4, -0.2) is 42.9 Å². The van der Waals surface area contributed by atoms with Crippen molar-refractivity contribution in [1.82, 2.24) is 5.32 Å². The number of aliphatic hydroxyl groups is 1. The van der Waals surface area contributed by atoms with Crippen molar-refractivity contribution in [3.63, 3.8) is 0 Å². The fourth-order valence-electron chi connectivity index (χ4n) is 3.44. The van der Waals surface area contributed by atoms with Crippen molar-refractivity contribution in [1.29, 1.82) is 0 Å². The second-order valence-corrected chi connectivity index (χ2v) is 9.13. The Morgan fingerprint density at radius 1 is 1.60 bits per heavy atom. The van der Waals surface area contributed by atoms with E-state index < -0.39 is 24.3 Å². The molecular weight excluding hydrogens is 345 g/mol. The molecule has 0 bridgehead atoms. The van der Waals surface area contributed by atoms with Crippen LogP contribution in [0.5, 0.6) is 0 Å². The quantitative estimate of drug-likeness (QED) is 0.344. The third kappa shape index (κ3) is 1.87. The molecule has 0 aromatic carbocycles. The number of halogens is 1. The summed E-state index contributed by atoms with van der Waals surface area (Å²) in [6.07, 6.45) is 6.65. The predicted octanol–water partition coefficient (Wildman–Crippen LogP) is 1.47. The number of fused-ring (bicyclic) bond motifs is 1. The Morgan fingerprint density at radius 2 is 2.40 bits per heavy atom. The summed E-state index contributed by atoms with van der Waals surface area (Å²) >= 11 is 3.22. The molecule has 0 saturated carbocycles. The molecule has 0 radical (unpaired) electrons. The molecule has 0 aromatic heterocycles. The van der Waals surface area contributed by atoms with Gasteiger partial charge in [0.05, 0.1) is 0 Å². The first-order chi connectivity index (χ1) is 9.62. The van der Waals surface area contributed by atoms with Gasteiger partial charge in [-0.15, -0.1) is 0 Å². The second kappa shape index (κ2) is 5.38. The molecular formula is C14H18ClNO3Se. The zero-order valence-corrected chi connectivity index (χ0v) is 13.5. The van der Waals surface area contributed by atoms with Crippen molar-refractivity contribution in [2.24, 2.45) is 5.92 Å². The number of hydrogen-bond acceptors (Lipinski definition) is 3. The van der Waals surface area contributed by atoms with Gasteiger partial charge in [0.15, 0.2) is 0 Å². The number of aliphatic hydroxyl groups excluding tert-OH is 1. The minimum atomic E-state index is -2.54. The molecule has 6 heteroatoms. The maximum atomic E-state index is 12.6. The summed E-state index contributed by atoms with van der Waals surface area (Å²) in [7, 11) is 0. The van der Waals surface area contributed by atoms with Crippen molar-refractivity contribution in [2.45, 2.75) is 42.1 Å². The van der Waals surface area contributed by atoms with Crippen LogP contribution in [0.25, 0.3) is 0 Å². The number of carbonyl (C=O) groups is 1. The summed E-state index contributed by atoms with van der Waals surface area (Å²) in [5.41, 5.74) is 0.929. The number of nitrogens with one attached hydrogen (secondary N) is 1. The van der Waals surface area contributed by atoms with Crippen LogP contribution >= 0.6 is 11.6 Å². The van der Waals surface area contributed by atoms with E-state index in [1.165, 1.54) is 0 Å². The number of β-lactam (4-membered cyclic amide) rings is 1. The molecule has 2 heterocycles. The first-order valence-electron chi connectivity index (χ1n) is 6.95. The van der Waals surface area contributed by atoms with E-state index in [4.69, 9.17) is 11.6 Å². The Hall–Kier alpha value is -0.481. The molecule has 1 saturated heterocycles. The number of alkyl halides is 1. The zero-order valence-electron chi connectivity index (χ0n) is 11.0. The molecule has 20 heavy (non-hydrogen) atoms. The van der Waals surface area contributed by atoms with Crippen LogP contribution in [0.4, 0.5) is 0 Å². The summed E-state index contributed by atoms with van der Waals surface area (Å²) in [6, 6.07) is -0.276. The van der Waals surface area contributed by atoms with Gasteiger partial charge in [0.1, 0.15) is 0 Å². The van der Waals surface area contributed by atoms with Crippen LogP contribution in [-0.2, 0) is 8.63 Å². The first-order valence-corrected chi connectivity index (χ1v) is 10.0. The van der Waals surface area contributed by atoms with Gasteiger partial charge < -0.3 is 0 Å². The summed E-state index contributed by atoms with van der Waals surface area (Å²) in [5, 5.41) is 13.5. The summed E-state index contributed by atoms with van der Waals surface area (Å²) in [5.74, 6) is 0.114. The standard InChI is InChI=1S/C14H18ClNO3Se/c15-7-6-10-8-20(19)14(11(10)16-13(14)18)12(17)9-4-2-1-3-5-9/h2,4,8-9,11-12,17H,1,3,5-7H2,(H,16,18)/t9-,11+,12+,14+,20?/m1/s1. The Morgan fingerprint density at radius 3 is 3.00 bits per heavy atom. The monoisotopic (exact) mass is 363 g/mol. The molecule has 2 N–H and O–H groups in total. The van der Waals surface area contributed by atoms with Crippen molar-refractivity contribution in [3.05, 3.63) is 22.7 Å². The van der Waals surface area contributed by atoms with Crippen molar-refractivity contribution < 1.29 is 13.7 Å². The van der Waals surface area contributed by atoms with Gasteiger partial charge in [-0.3, -0.25) is 0 Å². The Balaban J connectivity index is 1.90. The van der Waals surface area contributed by atoms with Gasteiger partial charge in [0.2, 0.25) is 0 Å². The molecule has 1 amide bonds. The average molecular weight is 363 g/mol. The minimum absolute atomic E-state index is 0.0683. The van der Waals surface area contributed by atoms with Gasteiger partial charge in [-0.05, 0) is 0 Å². The van der Waals surface area contributed by atoms with E-state index in [9.17, 15) is 13.7 Å². The number of amides is 1. The van der Waals surface area contributed by atoms with Gasteiger partial charge in [0.25, 0.3) is 0 Å². The van der Waals surface area contributed by atoms with Crippen LogP contribution in [0.15, 0.2) is 22.7 Å². The number of carbonyl (C=O) groups excluding carboxylic acids is 1. The van der Waals surface area contributed by atoms with E-state index in [2.05, 4.69) is 5.32 Å². The third-order valence-electron chi connectivity index (χ3n) is 4.54. The van der Waals surface area contributed by atoms with Gasteiger partial charge in [0, 0.05) is 0 Å². The van der Waals surface area contributed by atoms with Crippen LogP contribution in [0.1, 0.15) is 25.7 Å². The first kappa shape index (κ1) is 14.5. The van der Waals surface area contributed by atoms with E-state index in [0.717, 1.165) is 24.8 Å². The molecule has 110 valence electrons. The van der Waals surface area contributed by atoms with Gasteiger partial charge in [-0.25, -0.2) is 0 Å². The summed E-state index contributed by atoms with van der Waals surface area (Å²) in [4.78, 5) is 13.9. The predicted molar refractivity (Wildman–Crippen MR) is 77.0 cm³/mol. The Bertz CT molecular complexity index is 519. The number of hydrogen-bond donors (Lipinski definition) is 2. The van der Waals surface area contributed by atoms with Crippen molar-refractivity contribution in [3.8, 4) is 0 Å². The van der Waals surface area contributed by atoms with E-state index in [-0.39, 0.29) is 17.9 Å². The van der Waals surface area contributed by atoms with E-state index in [0.29, 0.717) is 12.3 Å². The normalized spacial score (nSPS) is 40.6. The number of rotatable bonds is 4. The number of allylic oxidation sites excluding steroid dienone is 1. The fourth-order valence-corrected chi connectivity index (χ4v) is 7.48. The third-order valence-corrected chi connectivity index (χ3v) is 8.60. The zero-order chi connectivity index (χ0) is 14.3. The van der Waals surface area contributed by atoms with Gasteiger partial charge >= 0.3 is 127 Å². The second-order valence-electron chi connectivity index (χ2n) is 5.60. The van der Waals surface area contributed by atoms with Crippen LogP contribution in [0.2, 0.25) is 4.31 Å². The molecule has 2 aliphatic heterocycles. The fraction of sp³-hybridized carbons (Fsp3) is 0.643. The molecule has 4 nitrogen and oxygen atoms in total. The van der Waals surface area contributed by atoms with Crippen LogP contribution in [0.3, 0.4) is 0 Å². The topological polar surface area (TPSA) is 66.4 Å². The molecule has 1 aliphatic carbocycles. The van der Waals surface area contributed by atoms with Crippen LogP contribution in [0, 0.1) is 5.92 Å². The Kier molecular flexibility index (Phi) is 3.89. The molecule has 3 aliphatic rings. The van der Waals surface area contributed by atoms with Crippen LogP contribution < -0.4 is 5.32 Å². The van der Waals surface area contributed by atoms with E-state index in [1.54, 1.807) is 4.97 Å². The molecule has 1 fully saturated rings. The average Bonchev–Trinajstić information content (AvgIpc) is 2.67. The Labute approximate surface area is 127 Å². The van der Waals surface area contributed by atoms with Crippen molar-refractivity contribution >= 4 is 31.3 Å². The molecule has 3 rings (SSSR count). The van der Waals surface area contributed by atoms with E-state index >= 15 is 0 Å². The molecule has 5 atom stereocenters. The van der Waals surface area contributed by atoms with Gasteiger partial charge in [-0.1, -0.05) is 0 Å². The maximum absolute atomic E-state index is 12.6. The van der Waals surface area contributed by atoms with Crippen molar-refractivity contribution in [2.75, 3.05) is 5.88 Å².